The van der Waals surface area contributed by atoms with Crippen LogP contribution in [0.1, 0.15) is 46.0 Å². The van der Waals surface area contributed by atoms with E-state index in [0.717, 1.165) is 12.5 Å². The fraction of sp³-hybridized carbons (Fsp3) is 1.00. The quantitative estimate of drug-likeness (QED) is 0.675. The third kappa shape index (κ3) is 4.52. The second kappa shape index (κ2) is 8.13. The Balaban J connectivity index is 2.37. The van der Waals surface area contributed by atoms with Crippen molar-refractivity contribution >= 4 is 0 Å². The van der Waals surface area contributed by atoms with Crippen LogP contribution in [0, 0.1) is 5.92 Å². The molecule has 1 rings (SSSR count). The Morgan fingerprint density at radius 1 is 1.22 bits per heavy atom. The van der Waals surface area contributed by atoms with Crippen LogP contribution in [-0.4, -0.2) is 55.6 Å². The third-order valence-electron chi connectivity index (χ3n) is 4.44. The zero-order chi connectivity index (χ0) is 13.5. The molecule has 18 heavy (non-hydrogen) atoms. The van der Waals surface area contributed by atoms with Crippen LogP contribution in [0.3, 0.4) is 0 Å². The number of nitrogens with zero attached hydrogens (tertiary/aromatic N) is 2. The Hall–Kier alpha value is -0.120. The molecule has 2 N–H and O–H groups in total. The average molecular weight is 255 g/mol. The van der Waals surface area contributed by atoms with Crippen LogP contribution < -0.4 is 5.73 Å². The number of likely N-dealkylation sites (N-methyl/N-ethyl adjacent to an activating group) is 1. The zero-order valence-corrected chi connectivity index (χ0v) is 12.9. The topological polar surface area (TPSA) is 32.5 Å². The number of nitrogens with two attached hydrogens (primary N) is 1. The fourth-order valence-corrected chi connectivity index (χ4v) is 3.21. The van der Waals surface area contributed by atoms with Crippen molar-refractivity contribution in [3.63, 3.8) is 0 Å². The van der Waals surface area contributed by atoms with Crippen LogP contribution >= 0.6 is 0 Å². The Kier molecular flexibility index (Phi) is 7.20. The van der Waals surface area contributed by atoms with Gasteiger partial charge in [0.25, 0.3) is 0 Å². The first-order chi connectivity index (χ1) is 8.60. The van der Waals surface area contributed by atoms with Crippen molar-refractivity contribution in [1.29, 1.82) is 0 Å². The van der Waals surface area contributed by atoms with E-state index in [9.17, 15) is 0 Å². The summed E-state index contributed by atoms with van der Waals surface area (Å²) >= 11 is 0. The summed E-state index contributed by atoms with van der Waals surface area (Å²) in [5.41, 5.74) is 5.98. The van der Waals surface area contributed by atoms with Gasteiger partial charge in [-0.15, -0.1) is 0 Å². The van der Waals surface area contributed by atoms with Gasteiger partial charge in [-0.3, -0.25) is 4.90 Å². The first kappa shape index (κ1) is 15.9. The van der Waals surface area contributed by atoms with Gasteiger partial charge in [0.2, 0.25) is 0 Å². The summed E-state index contributed by atoms with van der Waals surface area (Å²) in [5.74, 6) is 0.768. The number of hydrogen-bond acceptors (Lipinski definition) is 3. The lowest BCUT2D eigenvalue weighted by Crippen LogP contribution is -2.41. The molecule has 3 nitrogen and oxygen atoms in total. The van der Waals surface area contributed by atoms with Gasteiger partial charge in [0, 0.05) is 31.7 Å². The van der Waals surface area contributed by atoms with Crippen molar-refractivity contribution in [2.75, 3.05) is 33.7 Å². The van der Waals surface area contributed by atoms with E-state index in [1.807, 2.05) is 0 Å². The van der Waals surface area contributed by atoms with Gasteiger partial charge < -0.3 is 10.6 Å². The predicted octanol–water partition coefficient (Wildman–Crippen LogP) is 2.17. The summed E-state index contributed by atoms with van der Waals surface area (Å²) in [6.45, 7) is 7.88. The fourth-order valence-electron chi connectivity index (χ4n) is 3.21. The molecule has 0 bridgehead atoms. The molecule has 0 spiro atoms. The van der Waals surface area contributed by atoms with Gasteiger partial charge in [0.1, 0.15) is 0 Å². The highest BCUT2D eigenvalue weighted by molar-refractivity contribution is 4.90. The van der Waals surface area contributed by atoms with Crippen LogP contribution in [0.5, 0.6) is 0 Å². The lowest BCUT2D eigenvalue weighted by molar-refractivity contribution is 0.207. The Bertz CT molecular complexity index is 218. The summed E-state index contributed by atoms with van der Waals surface area (Å²) < 4.78 is 0. The molecule has 0 saturated carbocycles. The van der Waals surface area contributed by atoms with Crippen LogP contribution in [0.25, 0.3) is 0 Å². The third-order valence-corrected chi connectivity index (χ3v) is 4.44. The number of likely N-dealkylation sites (tertiary alicyclic amines) is 1. The minimum Gasteiger partial charge on any atom is -0.329 e. The van der Waals surface area contributed by atoms with E-state index >= 15 is 0 Å². The molecule has 3 atom stereocenters. The van der Waals surface area contributed by atoms with E-state index in [-0.39, 0.29) is 0 Å². The molecule has 1 fully saturated rings. The van der Waals surface area contributed by atoms with E-state index in [4.69, 9.17) is 5.73 Å². The molecule has 0 aromatic heterocycles. The van der Waals surface area contributed by atoms with Gasteiger partial charge in [0.05, 0.1) is 0 Å². The lowest BCUT2D eigenvalue weighted by Gasteiger charge is -2.27. The summed E-state index contributed by atoms with van der Waals surface area (Å²) in [4.78, 5) is 5.00. The normalized spacial score (nSPS) is 27.0. The SMILES string of the molecule is CCCCCCC(CN)N1CC(C)C(N(C)C)C1. The predicted molar refractivity (Wildman–Crippen MR) is 79.8 cm³/mol. The number of rotatable bonds is 8. The molecule has 3 unspecified atom stereocenters. The summed E-state index contributed by atoms with van der Waals surface area (Å²) in [6.07, 6.45) is 6.68. The molecule has 1 aliphatic rings. The molecule has 1 aliphatic heterocycles. The highest BCUT2D eigenvalue weighted by atomic mass is 15.3. The van der Waals surface area contributed by atoms with Gasteiger partial charge in [-0.05, 0) is 26.4 Å². The highest BCUT2D eigenvalue weighted by Gasteiger charge is 2.33. The van der Waals surface area contributed by atoms with Crippen LogP contribution in [-0.2, 0) is 0 Å². The first-order valence-corrected chi connectivity index (χ1v) is 7.70. The molecule has 0 amide bonds. The van der Waals surface area contributed by atoms with Crippen molar-refractivity contribution in [2.24, 2.45) is 11.7 Å². The standard InChI is InChI=1S/C15H33N3/c1-5-6-7-8-9-14(10-16)18-11-13(2)15(12-18)17(3)4/h13-15H,5-12,16H2,1-4H3. The number of hydrogen-bond donors (Lipinski definition) is 1. The maximum atomic E-state index is 5.98. The van der Waals surface area contributed by atoms with Crippen molar-refractivity contribution in [1.82, 2.24) is 9.80 Å². The van der Waals surface area contributed by atoms with E-state index in [0.29, 0.717) is 12.1 Å². The molecule has 0 aliphatic carbocycles. The Morgan fingerprint density at radius 2 is 1.94 bits per heavy atom. The summed E-state index contributed by atoms with van der Waals surface area (Å²) in [7, 11) is 4.40. The van der Waals surface area contributed by atoms with E-state index in [2.05, 4.69) is 37.7 Å². The largest absolute Gasteiger partial charge is 0.329 e. The Labute approximate surface area is 114 Å². The van der Waals surface area contributed by atoms with Crippen LogP contribution in [0.15, 0.2) is 0 Å². The lowest BCUT2D eigenvalue weighted by atomic mass is 10.1. The molecule has 1 saturated heterocycles. The molecular weight excluding hydrogens is 222 g/mol. The highest BCUT2D eigenvalue weighted by Crippen LogP contribution is 2.23. The minimum absolute atomic E-state index is 0.606. The molecular formula is C15H33N3. The Morgan fingerprint density at radius 3 is 2.44 bits per heavy atom. The first-order valence-electron chi connectivity index (χ1n) is 7.70. The molecule has 0 radical (unpaired) electrons. The van der Waals surface area contributed by atoms with Gasteiger partial charge in [0.15, 0.2) is 0 Å². The van der Waals surface area contributed by atoms with Crippen molar-refractivity contribution < 1.29 is 0 Å². The van der Waals surface area contributed by atoms with E-state index in [1.54, 1.807) is 0 Å². The second-order valence-corrected chi connectivity index (χ2v) is 6.20. The van der Waals surface area contributed by atoms with Crippen molar-refractivity contribution in [2.45, 2.75) is 58.0 Å². The zero-order valence-electron chi connectivity index (χ0n) is 12.9. The molecule has 1 heterocycles. The summed E-state index contributed by atoms with van der Waals surface area (Å²) in [6, 6.07) is 1.31. The molecule has 108 valence electrons. The van der Waals surface area contributed by atoms with Crippen LogP contribution in [0.2, 0.25) is 0 Å². The molecule has 3 heteroatoms. The molecule has 0 aromatic carbocycles. The smallest absolute Gasteiger partial charge is 0.0254 e. The second-order valence-electron chi connectivity index (χ2n) is 6.20. The molecule has 0 aromatic rings. The van der Waals surface area contributed by atoms with Crippen LogP contribution in [0.4, 0.5) is 0 Å². The monoisotopic (exact) mass is 255 g/mol. The maximum Gasteiger partial charge on any atom is 0.0254 e. The van der Waals surface area contributed by atoms with E-state index in [1.165, 1.54) is 45.2 Å². The maximum absolute atomic E-state index is 5.98. The van der Waals surface area contributed by atoms with Gasteiger partial charge >= 0.3 is 0 Å². The van der Waals surface area contributed by atoms with E-state index < -0.39 is 0 Å². The van der Waals surface area contributed by atoms with Gasteiger partial charge in [-0.1, -0.05) is 39.5 Å². The van der Waals surface area contributed by atoms with Gasteiger partial charge in [-0.25, -0.2) is 0 Å². The minimum atomic E-state index is 0.606. The van der Waals surface area contributed by atoms with Crippen molar-refractivity contribution in [3.05, 3.63) is 0 Å². The summed E-state index contributed by atoms with van der Waals surface area (Å²) in [5, 5.41) is 0. The van der Waals surface area contributed by atoms with Crippen molar-refractivity contribution in [3.8, 4) is 0 Å². The number of unbranched alkanes of at least 4 members (excludes halogenated alkanes) is 3. The van der Waals surface area contributed by atoms with Gasteiger partial charge in [-0.2, -0.15) is 0 Å². The average Bonchev–Trinajstić information content (AvgIpc) is 2.71.